The maximum Gasteiger partial charge on any atom is 0.409 e. The number of aromatic nitrogens is 1. The Bertz CT molecular complexity index is 469. The third kappa shape index (κ3) is 3.30. The number of halogens is 3. The van der Waals surface area contributed by atoms with E-state index in [4.69, 9.17) is 9.84 Å². The molecular formula is C11H11F2IN2O3. The van der Waals surface area contributed by atoms with Crippen molar-refractivity contribution in [3.63, 3.8) is 0 Å². The lowest BCUT2D eigenvalue weighted by molar-refractivity contribution is -0.0368. The largest absolute Gasteiger partial charge is 0.465 e. The summed E-state index contributed by atoms with van der Waals surface area (Å²) in [5.74, 6) is -0.663. The lowest BCUT2D eigenvalue weighted by atomic mass is 10.3. The Morgan fingerprint density at radius 3 is 3.05 bits per heavy atom. The Balaban J connectivity index is 2.04. The van der Waals surface area contributed by atoms with Crippen molar-refractivity contribution in [3.05, 3.63) is 27.3 Å². The first-order valence-electron chi connectivity index (χ1n) is 5.53. The maximum atomic E-state index is 13.5. The zero-order valence-electron chi connectivity index (χ0n) is 9.72. The number of carboxylic acid groups (broad SMARTS) is 1. The molecule has 2 heterocycles. The molecule has 8 heteroatoms. The molecule has 1 aliphatic rings. The molecule has 2 rings (SSSR count). The number of pyridine rings is 1. The average molecular weight is 384 g/mol. The molecular weight excluding hydrogens is 373 g/mol. The van der Waals surface area contributed by atoms with Crippen LogP contribution in [0.25, 0.3) is 0 Å². The molecule has 1 aromatic heterocycles. The highest BCUT2D eigenvalue weighted by molar-refractivity contribution is 14.1. The fourth-order valence-electron chi connectivity index (χ4n) is 1.86. The molecule has 104 valence electrons. The molecule has 0 saturated carbocycles. The van der Waals surface area contributed by atoms with E-state index in [1.807, 2.05) is 22.6 Å². The fraction of sp³-hybridized carbons (Fsp3) is 0.455. The van der Waals surface area contributed by atoms with Crippen molar-refractivity contribution in [3.8, 4) is 0 Å². The first-order valence-corrected chi connectivity index (χ1v) is 6.61. The van der Waals surface area contributed by atoms with Crippen LogP contribution in [0.2, 0.25) is 0 Å². The monoisotopic (exact) mass is 384 g/mol. The van der Waals surface area contributed by atoms with Gasteiger partial charge in [-0.15, -0.1) is 0 Å². The summed E-state index contributed by atoms with van der Waals surface area (Å²) in [6.45, 7) is -0.355. The highest BCUT2D eigenvalue weighted by Gasteiger charge is 2.36. The van der Waals surface area contributed by atoms with E-state index in [2.05, 4.69) is 4.98 Å². The molecule has 0 unspecified atom stereocenters. The van der Waals surface area contributed by atoms with Gasteiger partial charge in [0.1, 0.15) is 12.4 Å². The summed E-state index contributed by atoms with van der Waals surface area (Å²) in [4.78, 5) is 15.3. The highest BCUT2D eigenvalue weighted by atomic mass is 127. The average Bonchev–Trinajstić information content (AvgIpc) is 2.70. The van der Waals surface area contributed by atoms with E-state index in [9.17, 15) is 13.6 Å². The van der Waals surface area contributed by atoms with Crippen molar-refractivity contribution in [1.82, 2.24) is 9.88 Å². The molecule has 1 aromatic rings. The van der Waals surface area contributed by atoms with E-state index in [1.54, 1.807) is 6.07 Å². The van der Waals surface area contributed by atoms with E-state index in [-0.39, 0.29) is 25.1 Å². The second-order valence-corrected chi connectivity index (χ2v) is 5.26. The maximum absolute atomic E-state index is 13.5. The molecule has 0 radical (unpaired) electrons. The number of alkyl halides is 1. The van der Waals surface area contributed by atoms with Crippen LogP contribution in [0.15, 0.2) is 12.3 Å². The first-order chi connectivity index (χ1) is 8.99. The minimum atomic E-state index is -1.25. The predicted molar refractivity (Wildman–Crippen MR) is 69.7 cm³/mol. The minimum absolute atomic E-state index is 0.0369. The lowest BCUT2D eigenvalue weighted by Gasteiger charge is -2.21. The smallest absolute Gasteiger partial charge is 0.409 e. The van der Waals surface area contributed by atoms with E-state index in [0.717, 1.165) is 4.90 Å². The van der Waals surface area contributed by atoms with Gasteiger partial charge in [-0.05, 0) is 28.7 Å². The number of likely N-dealkylation sites (tertiary alicyclic amines) is 1. The number of carbonyl (C=O) groups is 1. The Hall–Kier alpha value is -1.03. The van der Waals surface area contributed by atoms with E-state index >= 15 is 0 Å². The topological polar surface area (TPSA) is 62.7 Å². The van der Waals surface area contributed by atoms with Gasteiger partial charge in [-0.1, -0.05) is 0 Å². The predicted octanol–water partition coefficient (Wildman–Crippen LogP) is 2.39. The molecule has 0 bridgehead atoms. The lowest BCUT2D eigenvalue weighted by Crippen LogP contribution is -2.36. The van der Waals surface area contributed by atoms with Crippen LogP contribution < -0.4 is 0 Å². The third-order valence-electron chi connectivity index (χ3n) is 2.81. The Labute approximate surface area is 121 Å². The van der Waals surface area contributed by atoms with Gasteiger partial charge in [-0.25, -0.2) is 14.2 Å². The molecule has 1 amide bonds. The number of nitrogens with zero attached hydrogens (tertiary/aromatic N) is 2. The van der Waals surface area contributed by atoms with Crippen LogP contribution >= 0.6 is 22.6 Å². The summed E-state index contributed by atoms with van der Waals surface area (Å²) in [5.41, 5.74) is 0.246. The summed E-state index contributed by atoms with van der Waals surface area (Å²) in [7, 11) is 0. The van der Waals surface area contributed by atoms with Crippen molar-refractivity contribution in [2.45, 2.75) is 25.4 Å². The number of ether oxygens (including phenoxy) is 1. The van der Waals surface area contributed by atoms with Crippen molar-refractivity contribution in [1.29, 1.82) is 0 Å². The Morgan fingerprint density at radius 1 is 1.68 bits per heavy atom. The fourth-order valence-corrected chi connectivity index (χ4v) is 2.40. The molecule has 19 heavy (non-hydrogen) atoms. The van der Waals surface area contributed by atoms with Crippen LogP contribution in [0, 0.1) is 9.52 Å². The molecule has 0 spiro atoms. The van der Waals surface area contributed by atoms with Gasteiger partial charge in [-0.3, -0.25) is 4.90 Å². The van der Waals surface area contributed by atoms with E-state index in [1.165, 1.54) is 6.20 Å². The molecule has 2 atom stereocenters. The molecule has 5 nitrogen and oxygen atoms in total. The van der Waals surface area contributed by atoms with Crippen LogP contribution in [0.5, 0.6) is 0 Å². The summed E-state index contributed by atoms with van der Waals surface area (Å²) in [6.07, 6.45) is -2.09. The second kappa shape index (κ2) is 5.95. The van der Waals surface area contributed by atoms with Crippen molar-refractivity contribution in [2.75, 3.05) is 6.54 Å². The van der Waals surface area contributed by atoms with E-state index in [0.29, 0.717) is 3.57 Å². The molecule has 1 saturated heterocycles. The molecule has 0 aliphatic carbocycles. The van der Waals surface area contributed by atoms with Gasteiger partial charge in [0, 0.05) is 21.8 Å². The number of hydrogen-bond acceptors (Lipinski definition) is 3. The molecule has 0 aromatic carbocycles. The van der Waals surface area contributed by atoms with Crippen LogP contribution in [0.1, 0.15) is 12.0 Å². The number of amides is 1. The third-order valence-corrected chi connectivity index (χ3v) is 3.82. The van der Waals surface area contributed by atoms with E-state index < -0.39 is 24.4 Å². The van der Waals surface area contributed by atoms with Gasteiger partial charge >= 0.3 is 6.09 Å². The van der Waals surface area contributed by atoms with Gasteiger partial charge < -0.3 is 9.84 Å². The number of hydrogen-bond donors (Lipinski definition) is 1. The summed E-state index contributed by atoms with van der Waals surface area (Å²) < 4.78 is 32.6. The standard InChI is InChI=1S/C11H11F2IN2O3/c12-6-3-9(16(4-6)11(17)18)19-5-7-8(14)1-2-15-10(7)13/h1-2,6,9H,3-5H2,(H,17,18)/t6-,9+/m1/s1. The minimum Gasteiger partial charge on any atom is -0.465 e. The number of rotatable bonds is 3. The zero-order chi connectivity index (χ0) is 14.0. The quantitative estimate of drug-likeness (QED) is 0.642. The normalized spacial score (nSPS) is 22.8. The molecule has 1 N–H and O–H groups in total. The van der Waals surface area contributed by atoms with Gasteiger partial charge in [0.25, 0.3) is 0 Å². The van der Waals surface area contributed by atoms with Crippen LogP contribution in [0.3, 0.4) is 0 Å². The van der Waals surface area contributed by atoms with Crippen molar-refractivity contribution in [2.24, 2.45) is 0 Å². The second-order valence-electron chi connectivity index (χ2n) is 4.10. The van der Waals surface area contributed by atoms with Crippen molar-refractivity contribution >= 4 is 28.7 Å². The highest BCUT2D eigenvalue weighted by Crippen LogP contribution is 2.24. The summed E-state index contributed by atoms with van der Waals surface area (Å²) in [5, 5.41) is 8.90. The SMILES string of the molecule is O=C(O)N1C[C@H](F)C[C@@H]1OCc1c(I)ccnc1F. The van der Waals surface area contributed by atoms with Crippen LogP contribution in [-0.4, -0.2) is 40.0 Å². The Morgan fingerprint density at radius 2 is 2.42 bits per heavy atom. The Kier molecular flexibility index (Phi) is 4.50. The van der Waals surface area contributed by atoms with Gasteiger partial charge in [0.15, 0.2) is 0 Å². The molecule has 1 aliphatic heterocycles. The summed E-state index contributed by atoms with van der Waals surface area (Å²) in [6, 6.07) is 1.61. The van der Waals surface area contributed by atoms with Gasteiger partial charge in [0.2, 0.25) is 5.95 Å². The first kappa shape index (κ1) is 14.4. The van der Waals surface area contributed by atoms with Crippen LogP contribution in [0.4, 0.5) is 13.6 Å². The van der Waals surface area contributed by atoms with Crippen LogP contribution in [-0.2, 0) is 11.3 Å². The summed E-state index contributed by atoms with van der Waals surface area (Å²) >= 11 is 1.93. The zero-order valence-corrected chi connectivity index (χ0v) is 11.9. The van der Waals surface area contributed by atoms with Crippen molar-refractivity contribution < 1.29 is 23.4 Å². The molecule has 1 fully saturated rings. The van der Waals surface area contributed by atoms with Gasteiger partial charge in [0.05, 0.1) is 13.2 Å². The van der Waals surface area contributed by atoms with Gasteiger partial charge in [-0.2, -0.15) is 4.39 Å².